The molecule has 112 valence electrons. The van der Waals surface area contributed by atoms with Crippen LogP contribution in [0.15, 0.2) is 35.3 Å². The number of nitrogens with one attached hydrogen (secondary N) is 2. The van der Waals surface area contributed by atoms with Crippen LogP contribution in [0.25, 0.3) is 0 Å². The van der Waals surface area contributed by atoms with Crippen molar-refractivity contribution in [1.82, 2.24) is 10.6 Å². The highest BCUT2D eigenvalue weighted by atomic mass is 19.1. The Morgan fingerprint density at radius 3 is 2.85 bits per heavy atom. The van der Waals surface area contributed by atoms with E-state index in [-0.39, 0.29) is 18.8 Å². The highest BCUT2D eigenvalue weighted by Gasteiger charge is 2.15. The van der Waals surface area contributed by atoms with Crippen molar-refractivity contribution in [3.05, 3.63) is 35.3 Å². The van der Waals surface area contributed by atoms with Gasteiger partial charge in [-0.3, -0.25) is 0 Å². The molecule has 1 amide bonds. The van der Waals surface area contributed by atoms with Gasteiger partial charge in [-0.15, -0.1) is 0 Å². The van der Waals surface area contributed by atoms with Gasteiger partial charge in [0.2, 0.25) is 0 Å². The van der Waals surface area contributed by atoms with Gasteiger partial charge in [0.1, 0.15) is 11.4 Å². The number of allylic oxidation sites excluding steroid dienone is 3. The third-order valence-corrected chi connectivity index (χ3v) is 2.65. The molecule has 0 aromatic rings. The average Bonchev–Trinajstić information content (AvgIpc) is 2.29. The molecule has 0 atom stereocenters. The topological polar surface area (TPSA) is 50.4 Å². The molecule has 5 heteroatoms. The fraction of sp³-hybridized carbons (Fsp3) is 0.533. The van der Waals surface area contributed by atoms with Crippen molar-refractivity contribution >= 4 is 6.09 Å². The Morgan fingerprint density at radius 2 is 2.25 bits per heavy atom. The van der Waals surface area contributed by atoms with Gasteiger partial charge < -0.3 is 15.4 Å². The van der Waals surface area contributed by atoms with Crippen LogP contribution in [-0.4, -0.2) is 24.8 Å². The number of dihydropyridines is 1. The monoisotopic (exact) mass is 282 g/mol. The zero-order valence-electron chi connectivity index (χ0n) is 12.5. The second-order valence-electron chi connectivity index (χ2n) is 5.73. The standard InChI is InChI=1S/C15H23FN2O2/c1-11-10-17-7-5-12(11)9-13(16)6-8-18-14(19)20-15(2,3)4/h5-7,17H,8-10H2,1-4H3,(H,18,19)/b13-6-. The van der Waals surface area contributed by atoms with E-state index in [2.05, 4.69) is 10.6 Å². The summed E-state index contributed by atoms with van der Waals surface area (Å²) in [7, 11) is 0. The van der Waals surface area contributed by atoms with Gasteiger partial charge in [-0.25, -0.2) is 9.18 Å². The van der Waals surface area contributed by atoms with E-state index in [1.807, 2.05) is 19.2 Å². The maximum absolute atomic E-state index is 13.7. The van der Waals surface area contributed by atoms with Crippen LogP contribution in [0.3, 0.4) is 0 Å². The predicted octanol–water partition coefficient (Wildman–Crippen LogP) is 3.19. The first-order chi connectivity index (χ1) is 9.28. The molecule has 0 spiro atoms. The van der Waals surface area contributed by atoms with E-state index in [4.69, 9.17) is 4.74 Å². The van der Waals surface area contributed by atoms with Crippen molar-refractivity contribution < 1.29 is 13.9 Å². The number of carbonyl (C=O) groups excluding carboxylic acids is 1. The molecule has 0 saturated heterocycles. The number of amides is 1. The summed E-state index contributed by atoms with van der Waals surface area (Å²) < 4.78 is 18.8. The van der Waals surface area contributed by atoms with Crippen LogP contribution in [0.4, 0.5) is 9.18 Å². The smallest absolute Gasteiger partial charge is 0.407 e. The molecule has 20 heavy (non-hydrogen) atoms. The van der Waals surface area contributed by atoms with Crippen molar-refractivity contribution in [2.24, 2.45) is 0 Å². The Morgan fingerprint density at radius 1 is 1.55 bits per heavy atom. The quantitative estimate of drug-likeness (QED) is 0.832. The summed E-state index contributed by atoms with van der Waals surface area (Å²) in [4.78, 5) is 11.4. The molecule has 1 heterocycles. The van der Waals surface area contributed by atoms with Crippen molar-refractivity contribution in [3.63, 3.8) is 0 Å². The fourth-order valence-electron chi connectivity index (χ4n) is 1.65. The number of ether oxygens (including phenoxy) is 1. The molecule has 0 aliphatic carbocycles. The molecule has 0 fully saturated rings. The third-order valence-electron chi connectivity index (χ3n) is 2.65. The summed E-state index contributed by atoms with van der Waals surface area (Å²) >= 11 is 0. The Balaban J connectivity index is 2.39. The molecule has 0 unspecified atom stereocenters. The lowest BCUT2D eigenvalue weighted by Gasteiger charge is -2.19. The molecular formula is C15H23FN2O2. The number of hydrogen-bond donors (Lipinski definition) is 2. The summed E-state index contributed by atoms with van der Waals surface area (Å²) in [6, 6.07) is 0. The van der Waals surface area contributed by atoms with Crippen LogP contribution < -0.4 is 10.6 Å². The van der Waals surface area contributed by atoms with E-state index < -0.39 is 11.7 Å². The van der Waals surface area contributed by atoms with Gasteiger partial charge in [0.05, 0.1) is 0 Å². The van der Waals surface area contributed by atoms with Crippen molar-refractivity contribution in [2.75, 3.05) is 13.1 Å². The average molecular weight is 282 g/mol. The number of hydrogen-bond acceptors (Lipinski definition) is 3. The largest absolute Gasteiger partial charge is 0.444 e. The first-order valence-corrected chi connectivity index (χ1v) is 6.68. The van der Waals surface area contributed by atoms with Crippen LogP contribution in [0, 0.1) is 0 Å². The van der Waals surface area contributed by atoms with Crippen LogP contribution in [0.1, 0.15) is 34.1 Å². The maximum atomic E-state index is 13.7. The van der Waals surface area contributed by atoms with Crippen LogP contribution in [0.5, 0.6) is 0 Å². The number of rotatable bonds is 4. The van der Waals surface area contributed by atoms with Crippen LogP contribution in [-0.2, 0) is 4.74 Å². The second kappa shape index (κ2) is 7.12. The zero-order chi connectivity index (χ0) is 15.2. The minimum absolute atomic E-state index is 0.120. The van der Waals surface area contributed by atoms with Crippen molar-refractivity contribution in [3.8, 4) is 0 Å². The molecule has 1 aliphatic rings. The Hall–Kier alpha value is -1.78. The van der Waals surface area contributed by atoms with Gasteiger partial charge >= 0.3 is 6.09 Å². The van der Waals surface area contributed by atoms with E-state index in [9.17, 15) is 9.18 Å². The fourth-order valence-corrected chi connectivity index (χ4v) is 1.65. The minimum atomic E-state index is -0.547. The van der Waals surface area contributed by atoms with Gasteiger partial charge in [-0.05, 0) is 51.6 Å². The lowest BCUT2D eigenvalue weighted by molar-refractivity contribution is 0.0534. The Bertz CT molecular complexity index is 445. The summed E-state index contributed by atoms with van der Waals surface area (Å²) in [5.74, 6) is -0.262. The van der Waals surface area contributed by atoms with Crippen molar-refractivity contribution in [1.29, 1.82) is 0 Å². The van der Waals surface area contributed by atoms with Gasteiger partial charge in [-0.2, -0.15) is 0 Å². The lowest BCUT2D eigenvalue weighted by atomic mass is 10.0. The van der Waals surface area contributed by atoms with E-state index in [0.29, 0.717) is 0 Å². The second-order valence-corrected chi connectivity index (χ2v) is 5.73. The van der Waals surface area contributed by atoms with E-state index >= 15 is 0 Å². The predicted molar refractivity (Wildman–Crippen MR) is 77.9 cm³/mol. The van der Waals surface area contributed by atoms with Crippen LogP contribution in [0.2, 0.25) is 0 Å². The summed E-state index contributed by atoms with van der Waals surface area (Å²) in [6.07, 6.45) is 4.75. The number of halogens is 1. The molecule has 1 rings (SSSR count). The summed E-state index contributed by atoms with van der Waals surface area (Å²) in [6.45, 7) is 8.17. The normalized spacial score (nSPS) is 15.9. The molecule has 1 aliphatic heterocycles. The van der Waals surface area contributed by atoms with Gasteiger partial charge in [0, 0.05) is 19.5 Å². The minimum Gasteiger partial charge on any atom is -0.444 e. The van der Waals surface area contributed by atoms with Crippen molar-refractivity contribution in [2.45, 2.75) is 39.7 Å². The molecule has 0 radical (unpaired) electrons. The van der Waals surface area contributed by atoms with E-state index in [0.717, 1.165) is 17.7 Å². The molecule has 2 N–H and O–H groups in total. The number of carbonyl (C=O) groups is 1. The highest BCUT2D eigenvalue weighted by molar-refractivity contribution is 5.67. The number of alkyl carbamates (subject to hydrolysis) is 1. The molecule has 4 nitrogen and oxygen atoms in total. The molecule has 0 aromatic carbocycles. The Labute approximate surface area is 119 Å². The first kappa shape index (κ1) is 16.3. The highest BCUT2D eigenvalue weighted by Crippen LogP contribution is 2.18. The molecule has 0 bridgehead atoms. The van der Waals surface area contributed by atoms with Crippen LogP contribution >= 0.6 is 0 Å². The first-order valence-electron chi connectivity index (χ1n) is 6.68. The zero-order valence-corrected chi connectivity index (χ0v) is 12.5. The van der Waals surface area contributed by atoms with Gasteiger partial charge in [0.25, 0.3) is 0 Å². The Kier molecular flexibility index (Phi) is 5.80. The van der Waals surface area contributed by atoms with E-state index in [1.165, 1.54) is 6.08 Å². The summed E-state index contributed by atoms with van der Waals surface area (Å²) in [5, 5.41) is 5.56. The molecular weight excluding hydrogens is 259 g/mol. The lowest BCUT2D eigenvalue weighted by Crippen LogP contribution is -2.32. The summed E-state index contributed by atoms with van der Waals surface area (Å²) in [5.41, 5.74) is 1.54. The third kappa shape index (κ3) is 6.41. The molecule has 0 aromatic heterocycles. The molecule has 0 saturated carbocycles. The van der Waals surface area contributed by atoms with Gasteiger partial charge in [-0.1, -0.05) is 5.57 Å². The SMILES string of the molecule is CC1=C(C/C(F)=C/CNC(=O)OC(C)(C)C)C=CNC1. The van der Waals surface area contributed by atoms with E-state index in [1.54, 1.807) is 20.8 Å². The van der Waals surface area contributed by atoms with Gasteiger partial charge in [0.15, 0.2) is 0 Å². The maximum Gasteiger partial charge on any atom is 0.407 e.